The van der Waals surface area contributed by atoms with Crippen LogP contribution in [-0.2, 0) is 4.79 Å². The summed E-state index contributed by atoms with van der Waals surface area (Å²) in [6.45, 7) is 5.39. The predicted octanol–water partition coefficient (Wildman–Crippen LogP) is 0.201. The summed E-state index contributed by atoms with van der Waals surface area (Å²) in [6.07, 6.45) is 1.72. The minimum absolute atomic E-state index is 0.0118. The van der Waals surface area contributed by atoms with E-state index in [4.69, 9.17) is 5.73 Å². The molecule has 0 saturated carbocycles. The molecule has 3 N–H and O–H groups in total. The highest BCUT2D eigenvalue weighted by atomic mass is 16.3. The smallest absolute Gasteiger partial charge is 0.225 e. The molecule has 1 saturated heterocycles. The second kappa shape index (κ2) is 5.47. The van der Waals surface area contributed by atoms with Gasteiger partial charge in [0.25, 0.3) is 0 Å². The van der Waals surface area contributed by atoms with Crippen molar-refractivity contribution < 1.29 is 9.90 Å². The molecule has 1 amide bonds. The molecule has 0 bridgehead atoms. The van der Waals surface area contributed by atoms with Gasteiger partial charge < -0.3 is 15.7 Å². The third-order valence-corrected chi connectivity index (χ3v) is 3.37. The third-order valence-electron chi connectivity index (χ3n) is 3.37. The van der Waals surface area contributed by atoms with E-state index in [0.717, 1.165) is 19.4 Å². The summed E-state index contributed by atoms with van der Waals surface area (Å²) in [5, 5.41) is 9.25. The van der Waals surface area contributed by atoms with Gasteiger partial charge in [0.2, 0.25) is 5.91 Å². The number of aliphatic hydroxyl groups excluding tert-OH is 1. The SMILES string of the molecule is CC(CCN)C(=O)N1CCC(C)C1CO. The number of carbonyl (C=O) groups excluding carboxylic acids is 1. The fourth-order valence-corrected chi connectivity index (χ4v) is 2.22. The number of carbonyl (C=O) groups is 1. The third kappa shape index (κ3) is 2.69. The zero-order chi connectivity index (χ0) is 11.4. The first kappa shape index (κ1) is 12.5. The molecule has 3 atom stereocenters. The number of hydrogen-bond acceptors (Lipinski definition) is 3. The molecule has 1 rings (SSSR count). The Morgan fingerprint density at radius 3 is 2.87 bits per heavy atom. The molecule has 1 aliphatic heterocycles. The Bertz CT molecular complexity index is 221. The van der Waals surface area contributed by atoms with Crippen LogP contribution >= 0.6 is 0 Å². The van der Waals surface area contributed by atoms with Gasteiger partial charge in [-0.05, 0) is 25.3 Å². The van der Waals surface area contributed by atoms with E-state index < -0.39 is 0 Å². The summed E-state index contributed by atoms with van der Waals surface area (Å²) < 4.78 is 0. The molecule has 15 heavy (non-hydrogen) atoms. The zero-order valence-corrected chi connectivity index (χ0v) is 9.65. The van der Waals surface area contributed by atoms with E-state index in [9.17, 15) is 9.90 Å². The fourth-order valence-electron chi connectivity index (χ4n) is 2.22. The van der Waals surface area contributed by atoms with Crippen LogP contribution in [-0.4, -0.2) is 41.7 Å². The average molecular weight is 214 g/mol. The average Bonchev–Trinajstić information content (AvgIpc) is 2.58. The lowest BCUT2D eigenvalue weighted by Gasteiger charge is -2.27. The standard InChI is InChI=1S/C11H22N2O2/c1-8-4-6-13(10(8)7-14)11(15)9(2)3-5-12/h8-10,14H,3-7,12H2,1-2H3. The number of nitrogens with two attached hydrogens (primary N) is 1. The van der Waals surface area contributed by atoms with Crippen LogP contribution in [0, 0.1) is 11.8 Å². The summed E-state index contributed by atoms with van der Waals surface area (Å²) in [5.41, 5.74) is 5.44. The van der Waals surface area contributed by atoms with Crippen molar-refractivity contribution >= 4 is 5.91 Å². The van der Waals surface area contributed by atoms with Crippen molar-refractivity contribution in [2.75, 3.05) is 19.7 Å². The minimum atomic E-state index is -0.0191. The van der Waals surface area contributed by atoms with E-state index in [1.165, 1.54) is 0 Å². The summed E-state index contributed by atoms with van der Waals surface area (Å²) in [7, 11) is 0. The van der Waals surface area contributed by atoms with Crippen molar-refractivity contribution in [3.05, 3.63) is 0 Å². The van der Waals surface area contributed by atoms with E-state index >= 15 is 0 Å². The van der Waals surface area contributed by atoms with Crippen molar-refractivity contribution in [1.29, 1.82) is 0 Å². The molecule has 0 aromatic carbocycles. The van der Waals surface area contributed by atoms with Crippen LogP contribution in [0.2, 0.25) is 0 Å². The Hall–Kier alpha value is -0.610. The topological polar surface area (TPSA) is 66.6 Å². The maximum atomic E-state index is 12.0. The van der Waals surface area contributed by atoms with Crippen LogP contribution in [0.1, 0.15) is 26.7 Å². The molecule has 1 fully saturated rings. The van der Waals surface area contributed by atoms with Crippen molar-refractivity contribution in [3.63, 3.8) is 0 Å². The first-order valence-corrected chi connectivity index (χ1v) is 5.73. The predicted molar refractivity (Wildman–Crippen MR) is 59.2 cm³/mol. The van der Waals surface area contributed by atoms with Gasteiger partial charge in [0, 0.05) is 12.5 Å². The highest BCUT2D eigenvalue weighted by Crippen LogP contribution is 2.25. The minimum Gasteiger partial charge on any atom is -0.394 e. The van der Waals surface area contributed by atoms with Gasteiger partial charge in [-0.1, -0.05) is 13.8 Å². The van der Waals surface area contributed by atoms with Gasteiger partial charge in [-0.2, -0.15) is 0 Å². The van der Waals surface area contributed by atoms with Crippen LogP contribution in [0.15, 0.2) is 0 Å². The lowest BCUT2D eigenvalue weighted by molar-refractivity contribution is -0.137. The number of aliphatic hydroxyl groups is 1. The molecular formula is C11H22N2O2. The number of amides is 1. The molecule has 4 nitrogen and oxygen atoms in total. The molecule has 1 heterocycles. The molecule has 0 radical (unpaired) electrons. The number of hydrogen-bond donors (Lipinski definition) is 2. The largest absolute Gasteiger partial charge is 0.394 e. The normalized spacial score (nSPS) is 28.1. The lowest BCUT2D eigenvalue weighted by atomic mass is 10.0. The highest BCUT2D eigenvalue weighted by Gasteiger charge is 2.35. The van der Waals surface area contributed by atoms with Gasteiger partial charge in [-0.25, -0.2) is 0 Å². The van der Waals surface area contributed by atoms with Crippen molar-refractivity contribution in [2.24, 2.45) is 17.6 Å². The van der Waals surface area contributed by atoms with E-state index in [-0.39, 0.29) is 24.5 Å². The second-order valence-corrected chi connectivity index (χ2v) is 4.53. The Morgan fingerprint density at radius 2 is 2.33 bits per heavy atom. The van der Waals surface area contributed by atoms with E-state index in [0.29, 0.717) is 12.5 Å². The zero-order valence-electron chi connectivity index (χ0n) is 9.65. The van der Waals surface area contributed by atoms with E-state index in [2.05, 4.69) is 6.92 Å². The number of rotatable bonds is 4. The molecular weight excluding hydrogens is 192 g/mol. The Balaban J connectivity index is 2.59. The van der Waals surface area contributed by atoms with Gasteiger partial charge >= 0.3 is 0 Å². The van der Waals surface area contributed by atoms with Crippen LogP contribution in [0.25, 0.3) is 0 Å². The molecule has 0 aliphatic carbocycles. The summed E-state index contributed by atoms with van der Waals surface area (Å²) in [6, 6.07) is 0.0118. The van der Waals surface area contributed by atoms with E-state index in [1.807, 2.05) is 11.8 Å². The second-order valence-electron chi connectivity index (χ2n) is 4.53. The number of nitrogens with zero attached hydrogens (tertiary/aromatic N) is 1. The van der Waals surface area contributed by atoms with Crippen LogP contribution in [0.5, 0.6) is 0 Å². The molecule has 3 unspecified atom stereocenters. The van der Waals surface area contributed by atoms with Crippen LogP contribution < -0.4 is 5.73 Å². The number of likely N-dealkylation sites (tertiary alicyclic amines) is 1. The van der Waals surface area contributed by atoms with Gasteiger partial charge in [-0.15, -0.1) is 0 Å². The molecule has 0 aromatic heterocycles. The van der Waals surface area contributed by atoms with Gasteiger partial charge in [0.1, 0.15) is 0 Å². The van der Waals surface area contributed by atoms with Crippen molar-refractivity contribution in [2.45, 2.75) is 32.7 Å². The molecule has 4 heteroatoms. The molecule has 1 aliphatic rings. The quantitative estimate of drug-likeness (QED) is 0.702. The Kier molecular flexibility index (Phi) is 4.54. The first-order valence-electron chi connectivity index (χ1n) is 5.73. The van der Waals surface area contributed by atoms with Crippen molar-refractivity contribution in [1.82, 2.24) is 4.90 Å². The maximum absolute atomic E-state index is 12.0. The summed E-state index contributed by atoms with van der Waals surface area (Å²) in [4.78, 5) is 13.8. The van der Waals surface area contributed by atoms with Gasteiger partial charge in [-0.3, -0.25) is 4.79 Å². The Morgan fingerprint density at radius 1 is 1.67 bits per heavy atom. The van der Waals surface area contributed by atoms with Crippen molar-refractivity contribution in [3.8, 4) is 0 Å². The van der Waals surface area contributed by atoms with Crippen LogP contribution in [0.4, 0.5) is 0 Å². The highest BCUT2D eigenvalue weighted by molar-refractivity contribution is 5.79. The summed E-state index contributed by atoms with van der Waals surface area (Å²) >= 11 is 0. The summed E-state index contributed by atoms with van der Waals surface area (Å²) in [5.74, 6) is 0.530. The maximum Gasteiger partial charge on any atom is 0.225 e. The van der Waals surface area contributed by atoms with E-state index in [1.54, 1.807) is 0 Å². The van der Waals surface area contributed by atoms with Gasteiger partial charge in [0.05, 0.1) is 12.6 Å². The monoisotopic (exact) mass is 214 g/mol. The molecule has 0 spiro atoms. The van der Waals surface area contributed by atoms with Gasteiger partial charge in [0.15, 0.2) is 0 Å². The lowest BCUT2D eigenvalue weighted by Crippen LogP contribution is -2.42. The fraction of sp³-hybridized carbons (Fsp3) is 0.909. The van der Waals surface area contributed by atoms with Crippen LogP contribution in [0.3, 0.4) is 0 Å². The molecule has 0 aromatic rings. The first-order chi connectivity index (χ1) is 7.11. The Labute approximate surface area is 91.4 Å². The molecule has 88 valence electrons.